The van der Waals surface area contributed by atoms with E-state index in [2.05, 4.69) is 6.92 Å². The molecule has 4 nitrogen and oxygen atoms in total. The van der Waals surface area contributed by atoms with Gasteiger partial charge in [-0.05, 0) is 18.6 Å². The van der Waals surface area contributed by atoms with Crippen molar-refractivity contribution in [2.45, 2.75) is 50.3 Å². The maximum atomic E-state index is 9.62. The molecule has 1 heterocycles. The zero-order chi connectivity index (χ0) is 12.5. The summed E-state index contributed by atoms with van der Waals surface area (Å²) in [5, 5.41) is 18.7. The van der Waals surface area contributed by atoms with Crippen LogP contribution in [-0.2, 0) is 9.47 Å². The molecule has 3 atom stereocenters. The fourth-order valence-electron chi connectivity index (χ4n) is 1.79. The SMILES string of the molecule is CCCOCCCSC1CC(O)CC(CO)O1. The van der Waals surface area contributed by atoms with E-state index in [1.807, 2.05) is 0 Å². The maximum absolute atomic E-state index is 9.62. The molecule has 0 aromatic rings. The molecule has 1 fully saturated rings. The Hall–Kier alpha value is 0.190. The van der Waals surface area contributed by atoms with Crippen molar-refractivity contribution in [2.75, 3.05) is 25.6 Å². The lowest BCUT2D eigenvalue weighted by Gasteiger charge is -2.31. The Bertz CT molecular complexity index is 191. The third kappa shape index (κ3) is 6.62. The molecule has 0 aromatic carbocycles. The Kier molecular flexibility index (Phi) is 8.22. The minimum Gasteiger partial charge on any atom is -0.394 e. The second kappa shape index (κ2) is 9.16. The molecule has 0 aliphatic carbocycles. The fourth-order valence-corrected chi connectivity index (χ4v) is 2.94. The van der Waals surface area contributed by atoms with E-state index in [1.165, 1.54) is 0 Å². The predicted molar refractivity (Wildman–Crippen MR) is 69.2 cm³/mol. The van der Waals surface area contributed by atoms with E-state index in [0.29, 0.717) is 12.8 Å². The van der Waals surface area contributed by atoms with Crippen molar-refractivity contribution in [3.8, 4) is 0 Å². The molecule has 1 aliphatic rings. The molecule has 1 rings (SSSR count). The van der Waals surface area contributed by atoms with Crippen molar-refractivity contribution in [3.05, 3.63) is 0 Å². The van der Waals surface area contributed by atoms with Gasteiger partial charge in [0.1, 0.15) is 5.44 Å². The Labute approximate surface area is 108 Å². The highest BCUT2D eigenvalue weighted by Gasteiger charge is 2.27. The second-order valence-electron chi connectivity index (χ2n) is 4.33. The topological polar surface area (TPSA) is 58.9 Å². The van der Waals surface area contributed by atoms with Crippen molar-refractivity contribution in [2.24, 2.45) is 0 Å². The van der Waals surface area contributed by atoms with Gasteiger partial charge >= 0.3 is 0 Å². The number of ether oxygens (including phenoxy) is 2. The van der Waals surface area contributed by atoms with Gasteiger partial charge in [-0.25, -0.2) is 0 Å². The molecule has 0 saturated carbocycles. The van der Waals surface area contributed by atoms with Gasteiger partial charge in [-0.1, -0.05) is 6.92 Å². The van der Waals surface area contributed by atoms with Gasteiger partial charge in [-0.15, -0.1) is 11.8 Å². The average Bonchev–Trinajstić information content (AvgIpc) is 2.33. The first kappa shape index (κ1) is 15.2. The summed E-state index contributed by atoms with van der Waals surface area (Å²) in [5.74, 6) is 0.971. The van der Waals surface area contributed by atoms with E-state index in [4.69, 9.17) is 14.6 Å². The van der Waals surface area contributed by atoms with Gasteiger partial charge < -0.3 is 19.7 Å². The second-order valence-corrected chi connectivity index (χ2v) is 5.60. The van der Waals surface area contributed by atoms with Gasteiger partial charge in [0, 0.05) is 26.1 Å². The number of aliphatic hydroxyl groups is 2. The van der Waals surface area contributed by atoms with E-state index in [-0.39, 0.29) is 24.3 Å². The fraction of sp³-hybridized carbons (Fsp3) is 1.00. The first-order chi connectivity index (χ1) is 8.26. The molecule has 0 amide bonds. The molecule has 2 N–H and O–H groups in total. The van der Waals surface area contributed by atoms with E-state index >= 15 is 0 Å². The standard InChI is InChI=1S/C12H24O4S/c1-2-4-15-5-3-6-17-12-8-10(14)7-11(9-13)16-12/h10-14H,2-9H2,1H3. The molecule has 0 bridgehead atoms. The Morgan fingerprint density at radius 1 is 1.35 bits per heavy atom. The van der Waals surface area contributed by atoms with E-state index in [0.717, 1.165) is 31.8 Å². The quantitative estimate of drug-likeness (QED) is 0.649. The largest absolute Gasteiger partial charge is 0.394 e. The predicted octanol–water partition coefficient (Wildman–Crippen LogP) is 1.39. The minimum atomic E-state index is -0.338. The van der Waals surface area contributed by atoms with Gasteiger partial charge in [0.25, 0.3) is 0 Å². The first-order valence-electron chi connectivity index (χ1n) is 6.40. The smallest absolute Gasteiger partial charge is 0.106 e. The molecule has 5 heteroatoms. The van der Waals surface area contributed by atoms with Crippen LogP contribution in [0.2, 0.25) is 0 Å². The van der Waals surface area contributed by atoms with Gasteiger partial charge in [0.2, 0.25) is 0 Å². The highest BCUT2D eigenvalue weighted by atomic mass is 32.2. The van der Waals surface area contributed by atoms with Crippen LogP contribution in [0.5, 0.6) is 0 Å². The summed E-state index contributed by atoms with van der Waals surface area (Å²) in [5.41, 5.74) is 0.0158. The third-order valence-corrected chi connectivity index (χ3v) is 3.83. The van der Waals surface area contributed by atoms with Crippen LogP contribution in [0.15, 0.2) is 0 Å². The molecule has 17 heavy (non-hydrogen) atoms. The summed E-state index contributed by atoms with van der Waals surface area (Å²) in [7, 11) is 0. The number of rotatable bonds is 8. The van der Waals surface area contributed by atoms with Crippen LogP contribution in [0, 0.1) is 0 Å². The number of hydrogen-bond donors (Lipinski definition) is 2. The lowest BCUT2D eigenvalue weighted by molar-refractivity contribution is -0.0783. The Morgan fingerprint density at radius 3 is 2.88 bits per heavy atom. The third-order valence-electron chi connectivity index (χ3n) is 2.63. The van der Waals surface area contributed by atoms with Crippen molar-refractivity contribution in [3.63, 3.8) is 0 Å². The summed E-state index contributed by atoms with van der Waals surface area (Å²) in [6, 6.07) is 0. The van der Waals surface area contributed by atoms with Crippen LogP contribution in [0.3, 0.4) is 0 Å². The van der Waals surface area contributed by atoms with Gasteiger partial charge in [-0.2, -0.15) is 0 Å². The molecule has 0 radical (unpaired) electrons. The lowest BCUT2D eigenvalue weighted by Crippen LogP contribution is -2.36. The normalized spacial score (nSPS) is 29.5. The highest BCUT2D eigenvalue weighted by Crippen LogP contribution is 2.27. The number of thioether (sulfide) groups is 1. The minimum absolute atomic E-state index is 0.00622. The van der Waals surface area contributed by atoms with E-state index in [1.54, 1.807) is 11.8 Å². The summed E-state index contributed by atoms with van der Waals surface area (Å²) >= 11 is 1.70. The van der Waals surface area contributed by atoms with Crippen molar-refractivity contribution >= 4 is 11.8 Å². The molecule has 1 saturated heterocycles. The number of aliphatic hydroxyl groups excluding tert-OH is 2. The summed E-state index contributed by atoms with van der Waals surface area (Å²) in [6.45, 7) is 3.71. The molecule has 0 aromatic heterocycles. The zero-order valence-electron chi connectivity index (χ0n) is 10.5. The average molecular weight is 264 g/mol. The molecule has 0 spiro atoms. The van der Waals surface area contributed by atoms with Crippen LogP contribution in [0.1, 0.15) is 32.6 Å². The molecule has 102 valence electrons. The molecular formula is C12H24O4S. The van der Waals surface area contributed by atoms with Crippen molar-refractivity contribution < 1.29 is 19.7 Å². The highest BCUT2D eigenvalue weighted by molar-refractivity contribution is 7.99. The van der Waals surface area contributed by atoms with Crippen LogP contribution in [0.4, 0.5) is 0 Å². The molecule has 1 aliphatic heterocycles. The first-order valence-corrected chi connectivity index (χ1v) is 7.44. The van der Waals surface area contributed by atoms with Crippen molar-refractivity contribution in [1.82, 2.24) is 0 Å². The maximum Gasteiger partial charge on any atom is 0.106 e. The zero-order valence-corrected chi connectivity index (χ0v) is 11.3. The summed E-state index contributed by atoms with van der Waals surface area (Å²) < 4.78 is 11.0. The van der Waals surface area contributed by atoms with Crippen LogP contribution < -0.4 is 0 Å². The molecular weight excluding hydrogens is 240 g/mol. The monoisotopic (exact) mass is 264 g/mol. The van der Waals surface area contributed by atoms with Crippen LogP contribution in [-0.4, -0.2) is 53.4 Å². The van der Waals surface area contributed by atoms with Gasteiger partial charge in [-0.3, -0.25) is 0 Å². The van der Waals surface area contributed by atoms with Gasteiger partial charge in [0.05, 0.1) is 18.8 Å². The molecule has 3 unspecified atom stereocenters. The van der Waals surface area contributed by atoms with Crippen LogP contribution >= 0.6 is 11.8 Å². The van der Waals surface area contributed by atoms with Gasteiger partial charge in [0.15, 0.2) is 0 Å². The van der Waals surface area contributed by atoms with Crippen molar-refractivity contribution in [1.29, 1.82) is 0 Å². The summed E-state index contributed by atoms with van der Waals surface area (Å²) in [6.07, 6.45) is 2.74. The summed E-state index contributed by atoms with van der Waals surface area (Å²) in [4.78, 5) is 0. The van der Waals surface area contributed by atoms with E-state index < -0.39 is 0 Å². The Morgan fingerprint density at radius 2 is 2.18 bits per heavy atom. The Balaban J connectivity index is 2.05. The lowest BCUT2D eigenvalue weighted by atomic mass is 10.1. The number of hydrogen-bond acceptors (Lipinski definition) is 5. The van der Waals surface area contributed by atoms with Crippen LogP contribution in [0.25, 0.3) is 0 Å². The van der Waals surface area contributed by atoms with E-state index in [9.17, 15) is 5.11 Å².